The van der Waals surface area contributed by atoms with Gasteiger partial charge >= 0.3 is 0 Å². The van der Waals surface area contributed by atoms with Gasteiger partial charge in [-0.1, -0.05) is 74.5 Å². The van der Waals surface area contributed by atoms with Crippen molar-refractivity contribution in [3.8, 4) is 0 Å². The number of benzene rings is 2. The lowest BCUT2D eigenvalue weighted by Crippen LogP contribution is -2.22. The zero-order valence-electron chi connectivity index (χ0n) is 13.9. The summed E-state index contributed by atoms with van der Waals surface area (Å²) in [7, 11) is 0. The smallest absolute Gasteiger partial charge is 0.178 e. The second kappa shape index (κ2) is 8.89. The van der Waals surface area contributed by atoms with E-state index in [0.29, 0.717) is 31.6 Å². The molecule has 3 heteroatoms. The van der Waals surface area contributed by atoms with Crippen LogP contribution in [-0.2, 0) is 17.9 Å². The summed E-state index contributed by atoms with van der Waals surface area (Å²) in [6.07, 6.45) is 1.16. The summed E-state index contributed by atoms with van der Waals surface area (Å²) in [5.41, 5.74) is 3.03. The first-order valence-electron chi connectivity index (χ1n) is 8.16. The molecule has 3 nitrogen and oxygen atoms in total. The minimum Gasteiger partial charge on any atom is -0.293 e. The van der Waals surface area contributed by atoms with Crippen molar-refractivity contribution >= 4 is 11.5 Å². The summed E-state index contributed by atoms with van der Waals surface area (Å²) in [5.74, 6) is 0.124. The van der Waals surface area contributed by atoms with Crippen LogP contribution in [0.5, 0.6) is 0 Å². The fourth-order valence-electron chi connectivity index (χ4n) is 2.41. The molecule has 0 aliphatic heterocycles. The summed E-state index contributed by atoms with van der Waals surface area (Å²) in [6.45, 7) is 5.24. The quantitative estimate of drug-likeness (QED) is 0.533. The molecular weight excluding hydrogens is 284 g/mol. The van der Waals surface area contributed by atoms with Crippen molar-refractivity contribution in [2.75, 3.05) is 0 Å². The van der Waals surface area contributed by atoms with Crippen molar-refractivity contribution in [2.24, 2.45) is 5.10 Å². The molecule has 0 aliphatic rings. The van der Waals surface area contributed by atoms with Gasteiger partial charge in [-0.2, -0.15) is 5.10 Å². The maximum Gasteiger partial charge on any atom is 0.178 e. The van der Waals surface area contributed by atoms with Gasteiger partial charge in [0.15, 0.2) is 5.78 Å². The third kappa shape index (κ3) is 5.37. The maximum atomic E-state index is 12.0. The Bertz CT molecular complexity index is 594. The van der Waals surface area contributed by atoms with Crippen molar-refractivity contribution in [2.45, 2.75) is 39.8 Å². The molecule has 0 aliphatic carbocycles. The normalized spacial score (nSPS) is 11.3. The SMILES string of the molecule is CCC(=O)C(CC)=NN(Cc1ccccc1)Cc1ccccc1. The van der Waals surface area contributed by atoms with Gasteiger partial charge in [0, 0.05) is 6.42 Å². The summed E-state index contributed by atoms with van der Waals surface area (Å²) in [6, 6.07) is 20.5. The molecule has 0 radical (unpaired) electrons. The Morgan fingerprint density at radius 3 is 1.70 bits per heavy atom. The largest absolute Gasteiger partial charge is 0.293 e. The van der Waals surface area contributed by atoms with Crippen LogP contribution < -0.4 is 0 Å². The summed E-state index contributed by atoms with van der Waals surface area (Å²) in [5, 5.41) is 6.64. The minimum absolute atomic E-state index is 0.124. The molecule has 2 aromatic carbocycles. The summed E-state index contributed by atoms with van der Waals surface area (Å²) < 4.78 is 0. The fraction of sp³-hybridized carbons (Fsp3) is 0.300. The Morgan fingerprint density at radius 1 is 0.826 bits per heavy atom. The number of hydrazone groups is 1. The van der Waals surface area contributed by atoms with Crippen molar-refractivity contribution in [1.29, 1.82) is 0 Å². The second-order valence-electron chi connectivity index (χ2n) is 5.47. The van der Waals surface area contributed by atoms with Gasteiger partial charge in [0.1, 0.15) is 5.71 Å². The molecule has 0 amide bonds. The van der Waals surface area contributed by atoms with E-state index >= 15 is 0 Å². The van der Waals surface area contributed by atoms with Gasteiger partial charge < -0.3 is 0 Å². The van der Waals surface area contributed by atoms with E-state index in [0.717, 1.165) is 0 Å². The number of ketones is 1. The Balaban J connectivity index is 2.23. The van der Waals surface area contributed by atoms with Crippen LogP contribution in [0.3, 0.4) is 0 Å². The van der Waals surface area contributed by atoms with Crippen molar-refractivity contribution in [3.05, 3.63) is 71.8 Å². The standard InChI is InChI=1S/C20H24N2O/c1-3-19(20(23)4-2)21-22(15-17-11-7-5-8-12-17)16-18-13-9-6-10-14-18/h5-14H,3-4,15-16H2,1-2H3. The molecule has 0 fully saturated rings. The maximum absolute atomic E-state index is 12.0. The van der Waals surface area contributed by atoms with Crippen LogP contribution in [0.4, 0.5) is 0 Å². The number of carbonyl (C=O) groups is 1. The molecule has 0 N–H and O–H groups in total. The first-order chi connectivity index (χ1) is 11.2. The molecule has 0 saturated heterocycles. The third-order valence-electron chi connectivity index (χ3n) is 3.66. The van der Waals surface area contributed by atoms with Crippen molar-refractivity contribution in [1.82, 2.24) is 5.01 Å². The lowest BCUT2D eigenvalue weighted by Gasteiger charge is -2.21. The average Bonchev–Trinajstić information content (AvgIpc) is 2.60. The number of Topliss-reactive ketones (excluding diaryl/α,β-unsaturated/α-hetero) is 1. The van der Waals surface area contributed by atoms with Crippen molar-refractivity contribution < 1.29 is 4.79 Å². The van der Waals surface area contributed by atoms with Crippen LogP contribution in [0.25, 0.3) is 0 Å². The predicted molar refractivity (Wildman–Crippen MR) is 95.2 cm³/mol. The predicted octanol–water partition coefficient (Wildman–Crippen LogP) is 4.43. The average molecular weight is 308 g/mol. The first-order valence-corrected chi connectivity index (χ1v) is 8.16. The Morgan fingerprint density at radius 2 is 1.30 bits per heavy atom. The summed E-state index contributed by atoms with van der Waals surface area (Å²) >= 11 is 0. The van der Waals surface area contributed by atoms with Gasteiger partial charge in [-0.25, -0.2) is 0 Å². The molecule has 0 spiro atoms. The molecule has 0 saturated carbocycles. The third-order valence-corrected chi connectivity index (χ3v) is 3.66. The highest BCUT2D eigenvalue weighted by Crippen LogP contribution is 2.11. The van der Waals surface area contributed by atoms with E-state index in [1.54, 1.807) is 0 Å². The van der Waals surface area contributed by atoms with E-state index in [4.69, 9.17) is 0 Å². The first kappa shape index (κ1) is 16.9. The number of rotatable bonds is 8. The van der Waals surface area contributed by atoms with E-state index in [1.165, 1.54) is 11.1 Å². The Labute approximate surface area is 138 Å². The van der Waals surface area contributed by atoms with E-state index in [2.05, 4.69) is 29.4 Å². The van der Waals surface area contributed by atoms with E-state index in [1.807, 2.05) is 55.3 Å². The Hall–Kier alpha value is -2.42. The van der Waals surface area contributed by atoms with E-state index in [9.17, 15) is 4.79 Å². The van der Waals surface area contributed by atoms with Crippen LogP contribution in [0.2, 0.25) is 0 Å². The zero-order chi connectivity index (χ0) is 16.5. The highest BCUT2D eigenvalue weighted by Gasteiger charge is 2.11. The highest BCUT2D eigenvalue weighted by atomic mass is 16.1. The van der Waals surface area contributed by atoms with Crippen LogP contribution in [-0.4, -0.2) is 16.5 Å². The van der Waals surface area contributed by atoms with Gasteiger partial charge in [0.25, 0.3) is 0 Å². The van der Waals surface area contributed by atoms with Crippen LogP contribution in [0.15, 0.2) is 65.8 Å². The van der Waals surface area contributed by atoms with E-state index in [-0.39, 0.29) is 5.78 Å². The summed E-state index contributed by atoms with van der Waals surface area (Å²) in [4.78, 5) is 12.0. The number of hydrogen-bond donors (Lipinski definition) is 0. The van der Waals surface area contributed by atoms with Gasteiger partial charge in [0.2, 0.25) is 0 Å². The lowest BCUT2D eigenvalue weighted by atomic mass is 10.1. The number of nitrogens with zero attached hydrogens (tertiary/aromatic N) is 2. The molecule has 2 aromatic rings. The molecule has 0 heterocycles. The van der Waals surface area contributed by atoms with Crippen LogP contribution >= 0.6 is 0 Å². The monoisotopic (exact) mass is 308 g/mol. The number of hydrogen-bond acceptors (Lipinski definition) is 3. The second-order valence-corrected chi connectivity index (χ2v) is 5.47. The van der Waals surface area contributed by atoms with Gasteiger partial charge in [-0.05, 0) is 17.5 Å². The molecule has 2 rings (SSSR count). The molecule has 0 atom stereocenters. The highest BCUT2D eigenvalue weighted by molar-refractivity contribution is 6.39. The van der Waals surface area contributed by atoms with Crippen LogP contribution in [0.1, 0.15) is 37.8 Å². The Kier molecular flexibility index (Phi) is 6.55. The topological polar surface area (TPSA) is 32.7 Å². The molecule has 0 unspecified atom stereocenters. The molecule has 120 valence electrons. The van der Waals surface area contributed by atoms with Gasteiger partial charge in [0.05, 0.1) is 13.1 Å². The molecular formula is C20H24N2O. The molecule has 0 bridgehead atoms. The lowest BCUT2D eigenvalue weighted by molar-refractivity contribution is -0.112. The fourth-order valence-corrected chi connectivity index (χ4v) is 2.41. The van der Waals surface area contributed by atoms with Crippen LogP contribution in [0, 0.1) is 0 Å². The van der Waals surface area contributed by atoms with Gasteiger partial charge in [-0.15, -0.1) is 0 Å². The van der Waals surface area contributed by atoms with E-state index < -0.39 is 0 Å². The molecule has 0 aromatic heterocycles. The minimum atomic E-state index is 0.124. The molecule has 23 heavy (non-hydrogen) atoms. The number of carbonyl (C=O) groups excluding carboxylic acids is 1. The van der Waals surface area contributed by atoms with Gasteiger partial charge in [-0.3, -0.25) is 9.80 Å². The van der Waals surface area contributed by atoms with Crippen molar-refractivity contribution in [3.63, 3.8) is 0 Å². The zero-order valence-corrected chi connectivity index (χ0v) is 13.9.